The quantitative estimate of drug-likeness (QED) is 0.824. The van der Waals surface area contributed by atoms with E-state index in [0.717, 1.165) is 22.9 Å². The molecule has 112 valence electrons. The average molecular weight is 334 g/mol. The molecule has 0 amide bonds. The molecule has 2 rings (SSSR count). The van der Waals surface area contributed by atoms with E-state index in [1.165, 1.54) is 6.07 Å². The van der Waals surface area contributed by atoms with Gasteiger partial charge in [-0.05, 0) is 23.8 Å². The number of nitrogens with zero attached hydrogens (tertiary/aromatic N) is 1. The number of aromatic nitrogens is 2. The van der Waals surface area contributed by atoms with Crippen molar-refractivity contribution in [1.82, 2.24) is 9.55 Å². The second-order valence-electron chi connectivity index (χ2n) is 4.16. The van der Waals surface area contributed by atoms with E-state index in [4.69, 9.17) is 16.7 Å². The molecule has 1 aromatic carbocycles. The molecule has 21 heavy (non-hydrogen) atoms. The summed E-state index contributed by atoms with van der Waals surface area (Å²) in [5, 5.41) is 5.06. The Labute approximate surface area is 122 Å². The van der Waals surface area contributed by atoms with E-state index < -0.39 is 32.0 Å². The Kier molecular flexibility index (Phi) is 3.99. The van der Waals surface area contributed by atoms with Crippen LogP contribution in [0.4, 0.5) is 4.39 Å². The van der Waals surface area contributed by atoms with Crippen LogP contribution in [-0.2, 0) is 16.6 Å². The van der Waals surface area contributed by atoms with Crippen LogP contribution < -0.4 is 16.4 Å². The van der Waals surface area contributed by atoms with E-state index in [0.29, 0.717) is 0 Å². The standard InChI is InChI=1S/C11H9ClFN3O4S/c12-8-2-1-7(13)3-6(8)4-16-5-9(21(14,19)20)10(17)15-11(16)18/h1-3,5H,4H2,(H2,14,19,20)(H,15,17,18). The Morgan fingerprint density at radius 2 is 2.00 bits per heavy atom. The molecule has 0 aliphatic carbocycles. The van der Waals surface area contributed by atoms with Gasteiger partial charge >= 0.3 is 5.69 Å². The summed E-state index contributed by atoms with van der Waals surface area (Å²) in [6, 6.07) is 3.53. The normalized spacial score (nSPS) is 11.6. The zero-order valence-corrected chi connectivity index (χ0v) is 11.9. The number of nitrogens with two attached hydrogens (primary N) is 1. The number of rotatable bonds is 3. The molecule has 0 aliphatic heterocycles. The Bertz CT molecular complexity index is 920. The van der Waals surface area contributed by atoms with E-state index >= 15 is 0 Å². The summed E-state index contributed by atoms with van der Waals surface area (Å²) in [5.74, 6) is -0.571. The zero-order chi connectivity index (χ0) is 15.8. The van der Waals surface area contributed by atoms with Gasteiger partial charge in [-0.15, -0.1) is 0 Å². The molecule has 1 aromatic heterocycles. The second-order valence-corrected chi connectivity index (χ2v) is 6.10. The fourth-order valence-electron chi connectivity index (χ4n) is 1.66. The van der Waals surface area contributed by atoms with Gasteiger partial charge in [0.25, 0.3) is 5.56 Å². The minimum Gasteiger partial charge on any atom is -0.295 e. The summed E-state index contributed by atoms with van der Waals surface area (Å²) in [6.07, 6.45) is 0.789. The average Bonchev–Trinajstić information content (AvgIpc) is 2.35. The molecule has 0 radical (unpaired) electrons. The number of aromatic amines is 1. The first-order valence-electron chi connectivity index (χ1n) is 5.49. The van der Waals surface area contributed by atoms with Crippen molar-refractivity contribution in [3.05, 3.63) is 61.6 Å². The first-order valence-corrected chi connectivity index (χ1v) is 7.41. The van der Waals surface area contributed by atoms with E-state index in [-0.39, 0.29) is 17.1 Å². The van der Waals surface area contributed by atoms with Crippen LogP contribution in [0.1, 0.15) is 5.56 Å². The van der Waals surface area contributed by atoms with Crippen molar-refractivity contribution in [1.29, 1.82) is 0 Å². The van der Waals surface area contributed by atoms with Crippen LogP contribution in [0.3, 0.4) is 0 Å². The number of halogens is 2. The van der Waals surface area contributed by atoms with Gasteiger partial charge in [0.1, 0.15) is 5.82 Å². The molecule has 0 atom stereocenters. The van der Waals surface area contributed by atoms with Gasteiger partial charge in [0.15, 0.2) is 4.90 Å². The topological polar surface area (TPSA) is 115 Å². The molecular formula is C11H9ClFN3O4S. The predicted molar refractivity (Wildman–Crippen MR) is 73.2 cm³/mol. The molecule has 3 N–H and O–H groups in total. The van der Waals surface area contributed by atoms with Crippen molar-refractivity contribution in [2.24, 2.45) is 5.14 Å². The lowest BCUT2D eigenvalue weighted by molar-refractivity contribution is 0.590. The third-order valence-electron chi connectivity index (χ3n) is 2.63. The molecule has 7 nitrogen and oxygen atoms in total. The first-order chi connectivity index (χ1) is 9.68. The molecule has 0 bridgehead atoms. The molecule has 2 aromatic rings. The minimum atomic E-state index is -4.29. The summed E-state index contributed by atoms with van der Waals surface area (Å²) in [6.45, 7) is -0.227. The number of hydrogen-bond donors (Lipinski definition) is 2. The molecule has 0 unspecified atom stereocenters. The molecule has 0 aliphatic rings. The summed E-state index contributed by atoms with van der Waals surface area (Å²) in [4.78, 5) is 24.1. The van der Waals surface area contributed by atoms with Gasteiger partial charge in [-0.1, -0.05) is 11.6 Å². The van der Waals surface area contributed by atoms with Crippen LogP contribution in [0, 0.1) is 5.82 Å². The molecule has 1 heterocycles. The number of primary sulfonamides is 1. The lowest BCUT2D eigenvalue weighted by Gasteiger charge is -2.08. The van der Waals surface area contributed by atoms with Crippen LogP contribution in [0.5, 0.6) is 0 Å². The highest BCUT2D eigenvalue weighted by Gasteiger charge is 2.16. The van der Waals surface area contributed by atoms with Gasteiger partial charge < -0.3 is 0 Å². The summed E-state index contributed by atoms with van der Waals surface area (Å²) < 4.78 is 36.5. The van der Waals surface area contributed by atoms with Crippen molar-refractivity contribution in [3.63, 3.8) is 0 Å². The van der Waals surface area contributed by atoms with Gasteiger partial charge in [-0.3, -0.25) is 14.3 Å². The molecule has 0 spiro atoms. The van der Waals surface area contributed by atoms with Crippen LogP contribution >= 0.6 is 11.6 Å². The van der Waals surface area contributed by atoms with Crippen LogP contribution in [0.2, 0.25) is 5.02 Å². The molecule has 0 saturated carbocycles. The largest absolute Gasteiger partial charge is 0.328 e. The summed E-state index contributed by atoms with van der Waals surface area (Å²) >= 11 is 5.86. The van der Waals surface area contributed by atoms with Gasteiger partial charge in [-0.25, -0.2) is 22.7 Å². The maximum atomic E-state index is 13.2. The number of benzene rings is 1. The predicted octanol–water partition coefficient (Wildman–Crippen LogP) is 0.0248. The summed E-state index contributed by atoms with van der Waals surface area (Å²) in [5.41, 5.74) is -1.75. The number of nitrogens with one attached hydrogen (secondary N) is 1. The van der Waals surface area contributed by atoms with Gasteiger partial charge in [-0.2, -0.15) is 0 Å². The first kappa shape index (κ1) is 15.4. The lowest BCUT2D eigenvalue weighted by atomic mass is 10.2. The fraction of sp³-hybridized carbons (Fsp3) is 0.0909. The Balaban J connectivity index is 2.58. The van der Waals surface area contributed by atoms with Crippen molar-refractivity contribution < 1.29 is 12.8 Å². The van der Waals surface area contributed by atoms with Crippen LogP contribution in [0.15, 0.2) is 38.9 Å². The monoisotopic (exact) mass is 333 g/mol. The lowest BCUT2D eigenvalue weighted by Crippen LogP contribution is -2.34. The third kappa shape index (κ3) is 3.38. The molecular weight excluding hydrogens is 325 g/mol. The van der Waals surface area contributed by atoms with Crippen molar-refractivity contribution in [2.45, 2.75) is 11.4 Å². The number of sulfonamides is 1. The Morgan fingerprint density at radius 1 is 1.33 bits per heavy atom. The van der Waals surface area contributed by atoms with Crippen molar-refractivity contribution >= 4 is 21.6 Å². The SMILES string of the molecule is NS(=O)(=O)c1cn(Cc2cc(F)ccc2Cl)c(=O)[nH]c1=O. The zero-order valence-electron chi connectivity index (χ0n) is 10.3. The minimum absolute atomic E-state index is 0.187. The third-order valence-corrected chi connectivity index (χ3v) is 3.91. The highest BCUT2D eigenvalue weighted by molar-refractivity contribution is 7.89. The van der Waals surface area contributed by atoms with E-state index in [9.17, 15) is 22.4 Å². The Morgan fingerprint density at radius 3 is 2.62 bits per heavy atom. The van der Waals surface area contributed by atoms with Crippen LogP contribution in [-0.4, -0.2) is 18.0 Å². The van der Waals surface area contributed by atoms with E-state index in [2.05, 4.69) is 0 Å². The van der Waals surface area contributed by atoms with Crippen molar-refractivity contribution in [3.8, 4) is 0 Å². The number of H-pyrrole nitrogens is 1. The fourth-order valence-corrected chi connectivity index (χ4v) is 2.42. The molecule has 10 heteroatoms. The summed E-state index contributed by atoms with van der Waals surface area (Å²) in [7, 11) is -4.29. The van der Waals surface area contributed by atoms with E-state index in [1.807, 2.05) is 4.98 Å². The Hall–Kier alpha value is -1.97. The highest BCUT2D eigenvalue weighted by atomic mass is 35.5. The maximum Gasteiger partial charge on any atom is 0.328 e. The maximum absolute atomic E-state index is 13.2. The van der Waals surface area contributed by atoms with Crippen molar-refractivity contribution in [2.75, 3.05) is 0 Å². The van der Waals surface area contributed by atoms with Gasteiger partial charge in [0.05, 0.1) is 6.54 Å². The van der Waals surface area contributed by atoms with E-state index in [1.54, 1.807) is 0 Å². The number of hydrogen-bond acceptors (Lipinski definition) is 4. The smallest absolute Gasteiger partial charge is 0.295 e. The highest BCUT2D eigenvalue weighted by Crippen LogP contribution is 2.17. The van der Waals surface area contributed by atoms with Gasteiger partial charge in [0, 0.05) is 11.2 Å². The molecule has 0 fully saturated rings. The molecule has 0 saturated heterocycles. The second kappa shape index (κ2) is 5.43. The van der Waals surface area contributed by atoms with Crippen LogP contribution in [0.25, 0.3) is 0 Å². The van der Waals surface area contributed by atoms with Gasteiger partial charge in [0.2, 0.25) is 10.0 Å².